The molecule has 1 spiro atoms. The molecule has 0 saturated carbocycles. The van der Waals surface area contributed by atoms with Crippen LogP contribution in [0.2, 0.25) is 5.02 Å². The minimum atomic E-state index is -0.784. The van der Waals surface area contributed by atoms with Gasteiger partial charge in [-0.15, -0.1) is 0 Å². The van der Waals surface area contributed by atoms with Crippen molar-refractivity contribution in [3.8, 4) is 5.75 Å². The number of β-amino-alcohol motifs (C(OH)–C–C–N with tert-alkyl or cyclic N) is 1. The van der Waals surface area contributed by atoms with Crippen molar-refractivity contribution in [2.45, 2.75) is 37.2 Å². The van der Waals surface area contributed by atoms with Crippen LogP contribution in [-0.4, -0.2) is 76.0 Å². The molecule has 2 aromatic carbocycles. The molecule has 3 heterocycles. The van der Waals surface area contributed by atoms with E-state index in [9.17, 15) is 14.7 Å². The predicted molar refractivity (Wildman–Crippen MR) is 119 cm³/mol. The van der Waals surface area contributed by atoms with Crippen molar-refractivity contribution in [1.29, 1.82) is 0 Å². The van der Waals surface area contributed by atoms with E-state index in [-0.39, 0.29) is 18.4 Å². The average molecular weight is 456 g/mol. The van der Waals surface area contributed by atoms with E-state index in [0.717, 1.165) is 16.9 Å². The van der Waals surface area contributed by atoms with Crippen molar-refractivity contribution < 1.29 is 19.4 Å². The van der Waals surface area contributed by atoms with Gasteiger partial charge in [0.1, 0.15) is 11.3 Å². The van der Waals surface area contributed by atoms with Crippen LogP contribution >= 0.6 is 11.6 Å². The fourth-order valence-electron chi connectivity index (χ4n) is 5.29. The van der Waals surface area contributed by atoms with Crippen molar-refractivity contribution >= 4 is 23.4 Å². The number of piperazine rings is 1. The zero-order valence-electron chi connectivity index (χ0n) is 17.9. The maximum atomic E-state index is 13.7. The molecule has 0 unspecified atom stereocenters. The van der Waals surface area contributed by atoms with Gasteiger partial charge in [0.15, 0.2) is 0 Å². The molecule has 0 aliphatic carbocycles. The first kappa shape index (κ1) is 21.4. The predicted octanol–water partition coefficient (Wildman–Crippen LogP) is 1.91. The number of carbonyl (C=O) groups is 2. The van der Waals surface area contributed by atoms with E-state index in [0.29, 0.717) is 37.6 Å². The van der Waals surface area contributed by atoms with Crippen LogP contribution < -0.4 is 4.74 Å². The second-order valence-corrected chi connectivity index (χ2v) is 9.38. The summed E-state index contributed by atoms with van der Waals surface area (Å²) in [6, 6.07) is 14.6. The van der Waals surface area contributed by atoms with Gasteiger partial charge in [0.25, 0.3) is 5.91 Å². The van der Waals surface area contributed by atoms with E-state index in [1.54, 1.807) is 19.2 Å². The third kappa shape index (κ3) is 3.59. The number of nitrogens with zero attached hydrogens (tertiary/aromatic N) is 3. The molecule has 8 heteroatoms. The molecule has 3 aliphatic heterocycles. The summed E-state index contributed by atoms with van der Waals surface area (Å²) in [4.78, 5) is 32.4. The Balaban J connectivity index is 1.38. The Morgan fingerprint density at radius 3 is 2.53 bits per heavy atom. The fourth-order valence-corrected chi connectivity index (χ4v) is 5.51. The van der Waals surface area contributed by atoms with Gasteiger partial charge in [0.2, 0.25) is 5.91 Å². The molecule has 7 nitrogen and oxygen atoms in total. The number of hydrogen-bond donors (Lipinski definition) is 1. The summed E-state index contributed by atoms with van der Waals surface area (Å²) in [5, 5.41) is 10.9. The van der Waals surface area contributed by atoms with Crippen LogP contribution in [0, 0.1) is 0 Å². The number of aliphatic hydroxyl groups excluding tert-OH is 1. The van der Waals surface area contributed by atoms with Gasteiger partial charge in [-0.2, -0.15) is 0 Å². The zero-order chi connectivity index (χ0) is 22.5. The number of ether oxygens (including phenoxy) is 1. The largest absolute Gasteiger partial charge is 0.497 e. The minimum Gasteiger partial charge on any atom is -0.497 e. The summed E-state index contributed by atoms with van der Waals surface area (Å²) < 4.78 is 5.31. The number of carbonyl (C=O) groups excluding carboxylic acids is 2. The quantitative estimate of drug-likeness (QED) is 0.694. The lowest BCUT2D eigenvalue weighted by Crippen LogP contribution is -2.81. The Morgan fingerprint density at radius 2 is 1.81 bits per heavy atom. The van der Waals surface area contributed by atoms with Gasteiger partial charge >= 0.3 is 0 Å². The maximum Gasteiger partial charge on any atom is 0.252 e. The second kappa shape index (κ2) is 8.15. The summed E-state index contributed by atoms with van der Waals surface area (Å²) >= 11 is 6.11. The number of benzene rings is 2. The first-order valence-corrected chi connectivity index (χ1v) is 11.2. The van der Waals surface area contributed by atoms with Crippen LogP contribution in [0.5, 0.6) is 5.75 Å². The van der Waals surface area contributed by atoms with Crippen molar-refractivity contribution in [3.05, 3.63) is 64.7 Å². The number of hydrogen-bond acceptors (Lipinski definition) is 6. The van der Waals surface area contributed by atoms with Crippen LogP contribution in [0.3, 0.4) is 0 Å². The van der Waals surface area contributed by atoms with Crippen LogP contribution in [0.25, 0.3) is 0 Å². The molecule has 3 fully saturated rings. The van der Waals surface area contributed by atoms with E-state index in [2.05, 4.69) is 4.90 Å². The second-order valence-electron chi connectivity index (χ2n) is 8.95. The third-order valence-electron chi connectivity index (χ3n) is 6.76. The fraction of sp³-hybridized carbons (Fsp3) is 0.417. The summed E-state index contributed by atoms with van der Waals surface area (Å²) in [6.07, 6.45) is -0.248. The number of halogens is 1. The number of rotatable bonds is 5. The molecular weight excluding hydrogens is 430 g/mol. The first-order valence-electron chi connectivity index (χ1n) is 10.8. The Morgan fingerprint density at radius 1 is 1.09 bits per heavy atom. The molecule has 5 rings (SSSR count). The number of likely N-dealkylation sites (tertiary alicyclic amines) is 1. The van der Waals surface area contributed by atoms with E-state index in [4.69, 9.17) is 16.3 Å². The lowest BCUT2D eigenvalue weighted by Gasteiger charge is -2.58. The van der Waals surface area contributed by atoms with Gasteiger partial charge in [0, 0.05) is 31.2 Å². The SMILES string of the molecule is COc1cccc(CN2CC3(C2)C(=O)N(Cc2cccc(Cl)c2)C(=O)[C@@H]2C[C@@H](O)CN23)c1. The highest BCUT2D eigenvalue weighted by Crippen LogP contribution is 2.41. The van der Waals surface area contributed by atoms with Crippen molar-refractivity contribution in [3.63, 3.8) is 0 Å². The van der Waals surface area contributed by atoms with Crippen LogP contribution in [0.4, 0.5) is 0 Å². The lowest BCUT2D eigenvalue weighted by atomic mass is 9.82. The molecule has 0 bridgehead atoms. The Labute approximate surface area is 192 Å². The molecule has 2 amide bonds. The van der Waals surface area contributed by atoms with E-state index < -0.39 is 17.7 Å². The molecule has 168 valence electrons. The van der Waals surface area contributed by atoms with E-state index in [1.165, 1.54) is 4.90 Å². The van der Waals surface area contributed by atoms with E-state index >= 15 is 0 Å². The summed E-state index contributed by atoms with van der Waals surface area (Å²) in [5.74, 6) is 0.380. The molecule has 2 aromatic rings. The highest BCUT2D eigenvalue weighted by Gasteiger charge is 2.64. The summed E-state index contributed by atoms with van der Waals surface area (Å²) in [7, 11) is 1.64. The number of amides is 2. The molecule has 32 heavy (non-hydrogen) atoms. The van der Waals surface area contributed by atoms with Crippen molar-refractivity contribution in [1.82, 2.24) is 14.7 Å². The highest BCUT2D eigenvalue weighted by atomic mass is 35.5. The highest BCUT2D eigenvalue weighted by molar-refractivity contribution is 6.30. The number of methoxy groups -OCH3 is 1. The zero-order valence-corrected chi connectivity index (χ0v) is 18.7. The molecule has 3 aliphatic rings. The van der Waals surface area contributed by atoms with Crippen molar-refractivity contribution in [2.24, 2.45) is 0 Å². The smallest absolute Gasteiger partial charge is 0.252 e. The van der Waals surface area contributed by atoms with Gasteiger partial charge in [-0.25, -0.2) is 0 Å². The average Bonchev–Trinajstić information content (AvgIpc) is 3.15. The van der Waals surface area contributed by atoms with Crippen LogP contribution in [-0.2, 0) is 22.7 Å². The molecular formula is C24H26ClN3O4. The number of imide groups is 1. The van der Waals surface area contributed by atoms with Crippen LogP contribution in [0.15, 0.2) is 48.5 Å². The van der Waals surface area contributed by atoms with Crippen molar-refractivity contribution in [2.75, 3.05) is 26.7 Å². The van der Waals surface area contributed by atoms with Gasteiger partial charge in [-0.3, -0.25) is 24.3 Å². The minimum absolute atomic E-state index is 0.185. The van der Waals surface area contributed by atoms with Gasteiger partial charge < -0.3 is 9.84 Å². The molecule has 3 saturated heterocycles. The summed E-state index contributed by atoms with van der Waals surface area (Å²) in [5.41, 5.74) is 1.13. The molecule has 0 aromatic heterocycles. The summed E-state index contributed by atoms with van der Waals surface area (Å²) in [6.45, 7) is 2.27. The first-order chi connectivity index (χ1) is 15.4. The monoisotopic (exact) mass is 455 g/mol. The Bertz CT molecular complexity index is 1060. The van der Waals surface area contributed by atoms with Gasteiger partial charge in [-0.05, 0) is 41.8 Å². The van der Waals surface area contributed by atoms with Crippen LogP contribution in [0.1, 0.15) is 17.5 Å². The molecule has 2 atom stereocenters. The molecule has 0 radical (unpaired) electrons. The number of fused-ring (bicyclic) bond motifs is 2. The topological polar surface area (TPSA) is 73.3 Å². The standard InChI is InChI=1S/C24H26ClN3O4/c1-32-20-7-3-5-17(9-20)11-26-14-24(15-26)23(31)27(12-16-4-2-6-18(25)8-16)22(30)21-10-19(29)13-28(21)24/h2-9,19,21,29H,10-15H2,1H3/t19-,21+/m1/s1. The maximum absolute atomic E-state index is 13.7. The normalized spacial score (nSPS) is 25.2. The van der Waals surface area contributed by atoms with Gasteiger partial charge in [-0.1, -0.05) is 35.9 Å². The Kier molecular flexibility index (Phi) is 5.45. The third-order valence-corrected chi connectivity index (χ3v) is 7.00. The van der Waals surface area contributed by atoms with E-state index in [1.807, 2.05) is 41.3 Å². The molecule has 1 N–H and O–H groups in total. The Hall–Kier alpha value is -2.45. The number of aliphatic hydroxyl groups is 1. The van der Waals surface area contributed by atoms with Gasteiger partial charge in [0.05, 0.1) is 25.8 Å². The lowest BCUT2D eigenvalue weighted by molar-refractivity contribution is -0.181.